The molecule has 0 heterocycles. The first-order valence-electron chi connectivity index (χ1n) is 5.72. The third-order valence-electron chi connectivity index (χ3n) is 2.71. The number of rotatable bonds is 3. The van der Waals surface area contributed by atoms with Crippen molar-refractivity contribution in [1.82, 2.24) is 0 Å². The maximum absolute atomic E-state index is 8.66. The van der Waals surface area contributed by atoms with E-state index in [9.17, 15) is 0 Å². The number of nitrogens with zero attached hydrogens (tertiary/aromatic N) is 1. The zero-order valence-electron chi connectivity index (χ0n) is 10.6. The van der Waals surface area contributed by atoms with Gasteiger partial charge >= 0.3 is 0 Å². The molecule has 0 fully saturated rings. The summed E-state index contributed by atoms with van der Waals surface area (Å²) in [6, 6.07) is 11.0. The Balaban J connectivity index is 2.33. The summed E-state index contributed by atoms with van der Waals surface area (Å²) in [5.74, 6) is 1.47. The first-order chi connectivity index (χ1) is 9.51. The van der Waals surface area contributed by atoms with Gasteiger partial charge in [-0.3, -0.25) is 0 Å². The summed E-state index contributed by atoms with van der Waals surface area (Å²) in [4.78, 5) is 0. The Morgan fingerprint density at radius 1 is 1.15 bits per heavy atom. The van der Waals surface area contributed by atoms with Crippen LogP contribution in [-0.4, -0.2) is 11.0 Å². The zero-order chi connectivity index (χ0) is 14.7. The summed E-state index contributed by atoms with van der Waals surface area (Å²) in [5.41, 5.74) is 7.18. The van der Waals surface area contributed by atoms with Crippen molar-refractivity contribution < 1.29 is 9.94 Å². The lowest BCUT2D eigenvalue weighted by atomic mass is 10.2. The number of oxime groups is 1. The zero-order valence-corrected chi connectivity index (χ0v) is 13.8. The number of amidine groups is 1. The van der Waals surface area contributed by atoms with E-state index in [4.69, 9.17) is 15.7 Å². The molecule has 0 radical (unpaired) electrons. The first-order valence-corrected chi connectivity index (χ1v) is 7.31. The molecule has 4 nitrogen and oxygen atoms in total. The van der Waals surface area contributed by atoms with Gasteiger partial charge < -0.3 is 15.7 Å². The Hall–Kier alpha value is -1.53. The molecular formula is C14H12Br2N2O2. The Labute approximate surface area is 133 Å². The molecule has 0 spiro atoms. The number of benzene rings is 2. The van der Waals surface area contributed by atoms with Crippen molar-refractivity contribution >= 4 is 37.7 Å². The van der Waals surface area contributed by atoms with Crippen LogP contribution in [0.4, 0.5) is 0 Å². The minimum Gasteiger partial charge on any atom is -0.456 e. The number of ether oxygens (including phenoxy) is 1. The summed E-state index contributed by atoms with van der Waals surface area (Å²) in [6.07, 6.45) is 0. The van der Waals surface area contributed by atoms with Gasteiger partial charge in [0.1, 0.15) is 11.5 Å². The molecule has 0 aliphatic carbocycles. The van der Waals surface area contributed by atoms with Gasteiger partial charge in [-0.2, -0.15) is 0 Å². The summed E-state index contributed by atoms with van der Waals surface area (Å²) in [5, 5.41) is 11.6. The van der Waals surface area contributed by atoms with Crippen LogP contribution in [0.15, 0.2) is 50.5 Å². The molecule has 2 rings (SSSR count). The van der Waals surface area contributed by atoms with Gasteiger partial charge in [0.15, 0.2) is 5.84 Å². The maximum atomic E-state index is 8.66. The molecule has 0 amide bonds. The summed E-state index contributed by atoms with van der Waals surface area (Å²) in [7, 11) is 0. The third kappa shape index (κ3) is 3.32. The fourth-order valence-corrected chi connectivity index (χ4v) is 2.40. The van der Waals surface area contributed by atoms with Gasteiger partial charge in [0.25, 0.3) is 0 Å². The van der Waals surface area contributed by atoms with E-state index in [1.54, 1.807) is 18.2 Å². The Morgan fingerprint density at radius 3 is 2.55 bits per heavy atom. The lowest BCUT2D eigenvalue weighted by Gasteiger charge is -2.11. The van der Waals surface area contributed by atoms with Crippen molar-refractivity contribution in [2.75, 3.05) is 0 Å². The average molecular weight is 400 g/mol. The number of hydrogen-bond donors (Lipinski definition) is 2. The molecule has 0 aromatic heterocycles. The molecule has 6 heteroatoms. The minimum atomic E-state index is 0.0517. The number of aryl methyl sites for hydroxylation is 1. The van der Waals surface area contributed by atoms with Gasteiger partial charge in [0.2, 0.25) is 0 Å². The van der Waals surface area contributed by atoms with Crippen molar-refractivity contribution in [3.63, 3.8) is 0 Å². The standard InChI is InChI=1S/C14H12Br2N2O2/c1-8-2-4-10(15)7-13(8)20-12-5-3-9(6-11(12)16)14(17)18-19/h2-7,19H,1H3,(H2,17,18). The second-order valence-corrected chi connectivity index (χ2v) is 5.91. The molecule has 0 aliphatic heterocycles. The molecule has 0 aliphatic rings. The summed E-state index contributed by atoms with van der Waals surface area (Å²) in [6.45, 7) is 1.97. The molecular weight excluding hydrogens is 388 g/mol. The number of halogens is 2. The van der Waals surface area contributed by atoms with Gasteiger partial charge in [-0.25, -0.2) is 0 Å². The second-order valence-electron chi connectivity index (χ2n) is 4.14. The van der Waals surface area contributed by atoms with Crippen LogP contribution < -0.4 is 10.5 Å². The normalized spacial score (nSPS) is 11.4. The van der Waals surface area contributed by atoms with E-state index >= 15 is 0 Å². The van der Waals surface area contributed by atoms with Crippen LogP contribution in [0.25, 0.3) is 0 Å². The van der Waals surface area contributed by atoms with Crippen molar-refractivity contribution in [2.24, 2.45) is 10.9 Å². The average Bonchev–Trinajstić information content (AvgIpc) is 2.44. The lowest BCUT2D eigenvalue weighted by molar-refractivity contribution is 0.318. The van der Waals surface area contributed by atoms with E-state index in [2.05, 4.69) is 37.0 Å². The molecule has 2 aromatic rings. The van der Waals surface area contributed by atoms with E-state index in [1.807, 2.05) is 25.1 Å². The predicted octanol–water partition coefficient (Wildman–Crippen LogP) is 4.41. The minimum absolute atomic E-state index is 0.0517. The first kappa shape index (κ1) is 14.9. The highest BCUT2D eigenvalue weighted by Gasteiger charge is 2.08. The number of hydrogen-bond acceptors (Lipinski definition) is 3. The highest BCUT2D eigenvalue weighted by atomic mass is 79.9. The van der Waals surface area contributed by atoms with Gasteiger partial charge in [0.05, 0.1) is 4.47 Å². The summed E-state index contributed by atoms with van der Waals surface area (Å²) >= 11 is 6.83. The summed E-state index contributed by atoms with van der Waals surface area (Å²) < 4.78 is 7.54. The van der Waals surface area contributed by atoms with Crippen molar-refractivity contribution in [1.29, 1.82) is 0 Å². The Morgan fingerprint density at radius 2 is 1.90 bits per heavy atom. The van der Waals surface area contributed by atoms with Crippen molar-refractivity contribution in [3.8, 4) is 11.5 Å². The smallest absolute Gasteiger partial charge is 0.170 e. The molecule has 3 N–H and O–H groups in total. The van der Waals surface area contributed by atoms with Crippen LogP contribution in [-0.2, 0) is 0 Å². The quantitative estimate of drug-likeness (QED) is 0.347. The highest BCUT2D eigenvalue weighted by Crippen LogP contribution is 2.33. The molecule has 104 valence electrons. The van der Waals surface area contributed by atoms with E-state index < -0.39 is 0 Å². The van der Waals surface area contributed by atoms with Gasteiger partial charge in [-0.1, -0.05) is 27.2 Å². The van der Waals surface area contributed by atoms with E-state index in [0.717, 1.165) is 20.3 Å². The fraction of sp³-hybridized carbons (Fsp3) is 0.0714. The monoisotopic (exact) mass is 398 g/mol. The maximum Gasteiger partial charge on any atom is 0.170 e. The molecule has 0 saturated carbocycles. The Bertz CT molecular complexity index is 672. The lowest BCUT2D eigenvalue weighted by Crippen LogP contribution is -2.12. The van der Waals surface area contributed by atoms with Crippen LogP contribution in [0.2, 0.25) is 0 Å². The van der Waals surface area contributed by atoms with Crippen LogP contribution >= 0.6 is 31.9 Å². The van der Waals surface area contributed by atoms with Gasteiger partial charge in [-0.15, -0.1) is 0 Å². The predicted molar refractivity (Wildman–Crippen MR) is 85.6 cm³/mol. The van der Waals surface area contributed by atoms with Crippen molar-refractivity contribution in [2.45, 2.75) is 6.92 Å². The molecule has 0 bridgehead atoms. The van der Waals surface area contributed by atoms with Crippen LogP contribution in [0, 0.1) is 6.92 Å². The van der Waals surface area contributed by atoms with E-state index in [-0.39, 0.29) is 5.84 Å². The van der Waals surface area contributed by atoms with Gasteiger partial charge in [-0.05, 0) is 58.7 Å². The topological polar surface area (TPSA) is 67.8 Å². The fourth-order valence-electron chi connectivity index (χ4n) is 1.60. The SMILES string of the molecule is Cc1ccc(Br)cc1Oc1ccc(/C(N)=N/O)cc1Br. The van der Waals surface area contributed by atoms with Crippen LogP contribution in [0.1, 0.15) is 11.1 Å². The van der Waals surface area contributed by atoms with Gasteiger partial charge in [0, 0.05) is 10.0 Å². The van der Waals surface area contributed by atoms with E-state index in [0.29, 0.717) is 11.3 Å². The molecule has 0 saturated heterocycles. The molecule has 0 atom stereocenters. The largest absolute Gasteiger partial charge is 0.456 e. The molecule has 0 unspecified atom stereocenters. The number of nitrogens with two attached hydrogens (primary N) is 1. The Kier molecular flexibility index (Phi) is 4.67. The highest BCUT2D eigenvalue weighted by molar-refractivity contribution is 9.10. The third-order valence-corrected chi connectivity index (χ3v) is 3.82. The van der Waals surface area contributed by atoms with Crippen LogP contribution in [0.3, 0.4) is 0 Å². The second kappa shape index (κ2) is 6.28. The molecule has 20 heavy (non-hydrogen) atoms. The van der Waals surface area contributed by atoms with E-state index in [1.165, 1.54) is 0 Å². The molecule has 2 aromatic carbocycles. The van der Waals surface area contributed by atoms with Crippen molar-refractivity contribution in [3.05, 3.63) is 56.5 Å². The van der Waals surface area contributed by atoms with Crippen LogP contribution in [0.5, 0.6) is 11.5 Å².